The van der Waals surface area contributed by atoms with E-state index in [4.69, 9.17) is 4.98 Å². The van der Waals surface area contributed by atoms with Gasteiger partial charge in [0, 0.05) is 12.1 Å². The highest BCUT2D eigenvalue weighted by atomic mass is 79.9. The van der Waals surface area contributed by atoms with Crippen LogP contribution < -0.4 is 5.32 Å². The first-order valence-electron chi connectivity index (χ1n) is 6.89. The van der Waals surface area contributed by atoms with Crippen molar-refractivity contribution in [1.29, 1.82) is 0 Å². The molecule has 4 heteroatoms. The number of nitrogens with one attached hydrogen (secondary N) is 1. The van der Waals surface area contributed by atoms with E-state index < -0.39 is 0 Å². The van der Waals surface area contributed by atoms with Gasteiger partial charge in [0.15, 0.2) is 5.82 Å². The van der Waals surface area contributed by atoms with Gasteiger partial charge >= 0.3 is 0 Å². The minimum atomic E-state index is 0.792. The molecule has 1 N–H and O–H groups in total. The molecule has 0 amide bonds. The van der Waals surface area contributed by atoms with Gasteiger partial charge < -0.3 is 5.32 Å². The summed E-state index contributed by atoms with van der Waals surface area (Å²) in [6, 6.07) is 6.26. The number of aryl methyl sites for hydroxylation is 3. The molecule has 0 unspecified atom stereocenters. The number of halogens is 1. The van der Waals surface area contributed by atoms with E-state index in [-0.39, 0.29) is 0 Å². The van der Waals surface area contributed by atoms with Gasteiger partial charge in [0.2, 0.25) is 0 Å². The molecule has 0 aliphatic heterocycles. The zero-order valence-electron chi connectivity index (χ0n) is 12.4. The van der Waals surface area contributed by atoms with Crippen LogP contribution in [0.3, 0.4) is 0 Å². The zero-order valence-corrected chi connectivity index (χ0v) is 14.0. The lowest BCUT2D eigenvalue weighted by Gasteiger charge is -2.13. The van der Waals surface area contributed by atoms with Gasteiger partial charge in [0.05, 0.1) is 10.2 Å². The number of hydrogen-bond acceptors (Lipinski definition) is 3. The average molecular weight is 334 g/mol. The number of aromatic nitrogens is 2. The molecule has 20 heavy (non-hydrogen) atoms. The maximum absolute atomic E-state index is 4.69. The average Bonchev–Trinajstić information content (AvgIpc) is 2.40. The zero-order chi connectivity index (χ0) is 14.7. The molecule has 0 saturated carbocycles. The number of rotatable bonds is 4. The Labute approximate surface area is 129 Å². The largest absolute Gasteiger partial charge is 0.369 e. The normalized spacial score (nSPS) is 10.7. The molecular weight excluding hydrogens is 314 g/mol. The Balaban J connectivity index is 2.55. The summed E-state index contributed by atoms with van der Waals surface area (Å²) < 4.78 is 0.945. The van der Waals surface area contributed by atoms with Crippen LogP contribution in [-0.2, 0) is 0 Å². The lowest BCUT2D eigenvalue weighted by Crippen LogP contribution is -2.07. The molecule has 0 aliphatic carbocycles. The van der Waals surface area contributed by atoms with Crippen LogP contribution in [0, 0.1) is 20.8 Å². The first-order valence-corrected chi connectivity index (χ1v) is 7.68. The van der Waals surface area contributed by atoms with E-state index in [1.165, 1.54) is 11.1 Å². The topological polar surface area (TPSA) is 37.8 Å². The summed E-state index contributed by atoms with van der Waals surface area (Å²) in [4.78, 5) is 9.33. The molecular formula is C16H20BrN3. The number of benzene rings is 1. The predicted octanol–water partition coefficient (Wildman–Crippen LogP) is 4.65. The van der Waals surface area contributed by atoms with E-state index in [1.54, 1.807) is 0 Å². The van der Waals surface area contributed by atoms with Gasteiger partial charge in [-0.15, -0.1) is 0 Å². The Bertz CT molecular complexity index is 603. The van der Waals surface area contributed by atoms with Crippen molar-refractivity contribution >= 4 is 21.7 Å². The SMILES string of the molecule is CCCNc1nc(-c2c(C)cccc2C)nc(C)c1Br. The molecule has 0 atom stereocenters. The van der Waals surface area contributed by atoms with Crippen LogP contribution in [0.25, 0.3) is 11.4 Å². The van der Waals surface area contributed by atoms with Crippen molar-refractivity contribution in [2.45, 2.75) is 34.1 Å². The highest BCUT2D eigenvalue weighted by Crippen LogP contribution is 2.29. The molecule has 3 nitrogen and oxygen atoms in total. The second kappa shape index (κ2) is 6.35. The van der Waals surface area contributed by atoms with Crippen LogP contribution in [0.2, 0.25) is 0 Å². The van der Waals surface area contributed by atoms with E-state index in [0.717, 1.165) is 40.3 Å². The molecule has 0 fully saturated rings. The molecule has 1 heterocycles. The Hall–Kier alpha value is -1.42. The molecule has 2 aromatic rings. The van der Waals surface area contributed by atoms with Gasteiger partial charge in [0.25, 0.3) is 0 Å². The third-order valence-corrected chi connectivity index (χ3v) is 4.21. The molecule has 0 spiro atoms. The summed E-state index contributed by atoms with van der Waals surface area (Å²) in [5.74, 6) is 1.66. The first kappa shape index (κ1) is 15.0. The number of nitrogens with zero attached hydrogens (tertiary/aromatic N) is 2. The maximum atomic E-state index is 4.69. The van der Waals surface area contributed by atoms with Gasteiger partial charge in [-0.05, 0) is 54.2 Å². The Morgan fingerprint density at radius 3 is 2.35 bits per heavy atom. The standard InChI is InChI=1S/C16H20BrN3/c1-5-9-18-16-14(17)12(4)19-15(20-16)13-10(2)7-6-8-11(13)3/h6-8H,5,9H2,1-4H3,(H,18,19,20). The molecule has 1 aromatic carbocycles. The lowest BCUT2D eigenvalue weighted by molar-refractivity contribution is 0.958. The molecule has 0 bridgehead atoms. The van der Waals surface area contributed by atoms with Gasteiger partial charge in [-0.2, -0.15) is 0 Å². The summed E-state index contributed by atoms with van der Waals surface area (Å²) in [5.41, 5.74) is 4.49. The maximum Gasteiger partial charge on any atom is 0.162 e. The van der Waals surface area contributed by atoms with E-state index >= 15 is 0 Å². The summed E-state index contributed by atoms with van der Waals surface area (Å²) in [7, 11) is 0. The Kier molecular flexibility index (Phi) is 4.76. The van der Waals surface area contributed by atoms with Gasteiger partial charge in [-0.25, -0.2) is 9.97 Å². The monoisotopic (exact) mass is 333 g/mol. The number of hydrogen-bond donors (Lipinski definition) is 1. The van der Waals surface area contributed by atoms with Crippen molar-refractivity contribution in [3.8, 4) is 11.4 Å². The van der Waals surface area contributed by atoms with Crippen molar-refractivity contribution in [3.05, 3.63) is 39.5 Å². The van der Waals surface area contributed by atoms with Crippen LogP contribution in [0.4, 0.5) is 5.82 Å². The van der Waals surface area contributed by atoms with Crippen LogP contribution in [0.15, 0.2) is 22.7 Å². The minimum absolute atomic E-state index is 0.792. The Morgan fingerprint density at radius 1 is 1.10 bits per heavy atom. The van der Waals surface area contributed by atoms with E-state index in [1.807, 2.05) is 6.92 Å². The van der Waals surface area contributed by atoms with Crippen molar-refractivity contribution in [2.75, 3.05) is 11.9 Å². The van der Waals surface area contributed by atoms with E-state index in [0.29, 0.717) is 0 Å². The van der Waals surface area contributed by atoms with Crippen molar-refractivity contribution in [1.82, 2.24) is 9.97 Å². The fraction of sp³-hybridized carbons (Fsp3) is 0.375. The first-order chi connectivity index (χ1) is 9.54. The molecule has 106 valence electrons. The summed E-state index contributed by atoms with van der Waals surface area (Å²) >= 11 is 3.57. The molecule has 0 radical (unpaired) electrons. The summed E-state index contributed by atoms with van der Waals surface area (Å²) in [6.07, 6.45) is 1.06. The molecule has 0 saturated heterocycles. The van der Waals surface area contributed by atoms with Crippen LogP contribution in [0.5, 0.6) is 0 Å². The third kappa shape index (κ3) is 3.01. The van der Waals surface area contributed by atoms with Crippen molar-refractivity contribution in [2.24, 2.45) is 0 Å². The summed E-state index contributed by atoms with van der Waals surface area (Å²) in [6.45, 7) is 9.24. The van der Waals surface area contributed by atoms with Gasteiger partial charge in [0.1, 0.15) is 5.82 Å². The van der Waals surface area contributed by atoms with Crippen molar-refractivity contribution in [3.63, 3.8) is 0 Å². The van der Waals surface area contributed by atoms with Gasteiger partial charge in [-0.1, -0.05) is 25.1 Å². The highest BCUT2D eigenvalue weighted by molar-refractivity contribution is 9.10. The molecule has 2 rings (SSSR count). The highest BCUT2D eigenvalue weighted by Gasteiger charge is 2.13. The molecule has 1 aromatic heterocycles. The second-order valence-electron chi connectivity index (χ2n) is 4.99. The fourth-order valence-corrected chi connectivity index (χ4v) is 2.52. The van der Waals surface area contributed by atoms with E-state index in [9.17, 15) is 0 Å². The minimum Gasteiger partial charge on any atom is -0.369 e. The predicted molar refractivity (Wildman–Crippen MR) is 88.2 cm³/mol. The Morgan fingerprint density at radius 2 is 1.75 bits per heavy atom. The summed E-state index contributed by atoms with van der Waals surface area (Å²) in [5, 5.41) is 3.35. The lowest BCUT2D eigenvalue weighted by atomic mass is 10.0. The van der Waals surface area contributed by atoms with Crippen LogP contribution in [-0.4, -0.2) is 16.5 Å². The van der Waals surface area contributed by atoms with Crippen molar-refractivity contribution < 1.29 is 0 Å². The number of anilines is 1. The third-order valence-electron chi connectivity index (χ3n) is 3.26. The molecule has 0 aliphatic rings. The van der Waals surface area contributed by atoms with Gasteiger partial charge in [-0.3, -0.25) is 0 Å². The van der Waals surface area contributed by atoms with Crippen LogP contribution >= 0.6 is 15.9 Å². The second-order valence-corrected chi connectivity index (χ2v) is 5.78. The quantitative estimate of drug-likeness (QED) is 0.884. The van der Waals surface area contributed by atoms with E-state index in [2.05, 4.69) is 65.2 Å². The van der Waals surface area contributed by atoms with Crippen LogP contribution in [0.1, 0.15) is 30.2 Å². The fourth-order valence-electron chi connectivity index (χ4n) is 2.20. The smallest absolute Gasteiger partial charge is 0.162 e.